The number of carboxylic acid groups (broad SMARTS) is 1. The van der Waals surface area contributed by atoms with Gasteiger partial charge in [0, 0.05) is 25.0 Å². The second kappa shape index (κ2) is 9.97. The van der Waals surface area contributed by atoms with Crippen molar-refractivity contribution in [3.8, 4) is 0 Å². The Labute approximate surface area is 168 Å². The highest BCUT2D eigenvalue weighted by molar-refractivity contribution is 5.87. The number of hydrogen-bond donors (Lipinski definition) is 3. The maximum absolute atomic E-state index is 11.8. The highest BCUT2D eigenvalue weighted by Crippen LogP contribution is 2.27. The zero-order valence-corrected chi connectivity index (χ0v) is 16.6. The minimum absolute atomic E-state index is 0.0844. The molecule has 10 nitrogen and oxygen atoms in total. The van der Waals surface area contributed by atoms with Crippen molar-refractivity contribution in [1.29, 1.82) is 0 Å². The molecule has 0 aromatic carbocycles. The maximum atomic E-state index is 11.8. The molecule has 3 atom stereocenters. The number of nitro groups is 1. The number of rotatable bonds is 9. The van der Waals surface area contributed by atoms with E-state index < -0.39 is 29.1 Å². The first kappa shape index (κ1) is 22.3. The van der Waals surface area contributed by atoms with Crippen LogP contribution in [-0.2, 0) is 14.3 Å². The smallest absolute Gasteiger partial charge is 0.331 e. The number of carboxylic acids is 1. The molecular weight excluding hydrogens is 380 g/mol. The fourth-order valence-corrected chi connectivity index (χ4v) is 3.28. The van der Waals surface area contributed by atoms with Crippen LogP contribution in [0.3, 0.4) is 0 Å². The minimum atomic E-state index is -1.06. The summed E-state index contributed by atoms with van der Waals surface area (Å²) in [7, 11) is 0. The van der Waals surface area contributed by atoms with E-state index >= 15 is 0 Å². The quantitative estimate of drug-likeness (QED) is 0.418. The summed E-state index contributed by atoms with van der Waals surface area (Å²) in [5, 5.41) is 26.3. The number of nitrogens with one attached hydrogen (secondary N) is 2. The Morgan fingerprint density at radius 1 is 1.38 bits per heavy atom. The van der Waals surface area contributed by atoms with Gasteiger partial charge in [-0.2, -0.15) is 0 Å². The number of ether oxygens (including phenoxy) is 1. The third kappa shape index (κ3) is 5.98. The molecule has 0 radical (unpaired) electrons. The van der Waals surface area contributed by atoms with Gasteiger partial charge in [0.15, 0.2) is 0 Å². The third-order valence-electron chi connectivity index (χ3n) is 4.79. The number of aromatic nitrogens is 1. The van der Waals surface area contributed by atoms with Crippen LogP contribution in [0.2, 0.25) is 0 Å². The molecule has 10 heteroatoms. The Balaban J connectivity index is 2.33. The van der Waals surface area contributed by atoms with Crippen molar-refractivity contribution in [3.63, 3.8) is 0 Å². The van der Waals surface area contributed by atoms with Crippen molar-refractivity contribution < 1.29 is 24.4 Å². The number of nitrogens with zero attached hydrogens (tertiary/aromatic N) is 2. The summed E-state index contributed by atoms with van der Waals surface area (Å²) in [5.74, 6) is -1.000. The summed E-state index contributed by atoms with van der Waals surface area (Å²) in [6, 6.07) is 1.69. The second-order valence-corrected chi connectivity index (χ2v) is 6.88. The van der Waals surface area contributed by atoms with Crippen LogP contribution in [0.5, 0.6) is 0 Å². The van der Waals surface area contributed by atoms with Crippen LogP contribution in [0.25, 0.3) is 0 Å². The molecule has 0 fully saturated rings. The van der Waals surface area contributed by atoms with E-state index in [0.717, 1.165) is 19.0 Å². The summed E-state index contributed by atoms with van der Waals surface area (Å²) >= 11 is 0. The lowest BCUT2D eigenvalue weighted by Gasteiger charge is -2.38. The summed E-state index contributed by atoms with van der Waals surface area (Å²) in [5.41, 5.74) is 0.0145. The van der Waals surface area contributed by atoms with Crippen LogP contribution < -0.4 is 10.6 Å². The zero-order chi connectivity index (χ0) is 21.6. The van der Waals surface area contributed by atoms with E-state index in [-0.39, 0.29) is 29.7 Å². The molecule has 0 saturated heterocycles. The number of pyridine rings is 1. The average molecular weight is 406 g/mol. The van der Waals surface area contributed by atoms with Crippen molar-refractivity contribution in [2.45, 2.75) is 64.3 Å². The Hall–Kier alpha value is -3.01. The van der Waals surface area contributed by atoms with Gasteiger partial charge in [-0.1, -0.05) is 13.8 Å². The Bertz CT molecular complexity index is 775. The van der Waals surface area contributed by atoms with Crippen LogP contribution in [0, 0.1) is 10.1 Å². The fourth-order valence-electron chi connectivity index (χ4n) is 3.28. The average Bonchev–Trinajstić information content (AvgIpc) is 2.67. The second-order valence-electron chi connectivity index (χ2n) is 6.88. The predicted octanol–water partition coefficient (Wildman–Crippen LogP) is 2.26. The largest absolute Gasteiger partial charge is 0.478 e. The first-order valence-electron chi connectivity index (χ1n) is 9.48. The molecule has 0 spiro atoms. The molecule has 0 bridgehead atoms. The lowest BCUT2D eigenvalue weighted by atomic mass is 9.87. The van der Waals surface area contributed by atoms with Gasteiger partial charge in [0.05, 0.1) is 29.2 Å². The number of aliphatic carboxylic acids is 1. The SMILES string of the molecule is CCC(CC)O[C@@H]1C=C(C(=O)O)C[C@H](Nc2ccc([N+](=O)[O-])cn2)[C@H]1NC(C)=O. The number of hydrogen-bond acceptors (Lipinski definition) is 7. The molecule has 1 aromatic rings. The summed E-state index contributed by atoms with van der Waals surface area (Å²) in [4.78, 5) is 37.7. The van der Waals surface area contributed by atoms with Gasteiger partial charge in [0.2, 0.25) is 5.91 Å². The van der Waals surface area contributed by atoms with E-state index in [4.69, 9.17) is 4.74 Å². The first-order chi connectivity index (χ1) is 13.7. The number of carbonyl (C=O) groups is 2. The molecule has 2 rings (SSSR count). The van der Waals surface area contributed by atoms with Crippen LogP contribution in [0.1, 0.15) is 40.0 Å². The van der Waals surface area contributed by atoms with Crippen molar-refractivity contribution in [2.24, 2.45) is 0 Å². The van der Waals surface area contributed by atoms with Crippen LogP contribution in [0.15, 0.2) is 30.0 Å². The van der Waals surface area contributed by atoms with Crippen LogP contribution in [-0.4, -0.2) is 51.2 Å². The van der Waals surface area contributed by atoms with Crippen LogP contribution in [0.4, 0.5) is 11.5 Å². The van der Waals surface area contributed by atoms with Crippen molar-refractivity contribution in [1.82, 2.24) is 10.3 Å². The van der Waals surface area contributed by atoms with Gasteiger partial charge in [0.25, 0.3) is 5.69 Å². The molecule has 3 N–H and O–H groups in total. The molecule has 1 aliphatic rings. The van der Waals surface area contributed by atoms with E-state index in [0.29, 0.717) is 5.82 Å². The van der Waals surface area contributed by atoms with E-state index in [1.807, 2.05) is 13.8 Å². The van der Waals surface area contributed by atoms with Gasteiger partial charge in [-0.05, 0) is 25.0 Å². The number of amides is 1. The molecule has 1 heterocycles. The standard InChI is InChI=1S/C19H26N4O6/c1-4-14(5-2)29-16-9-12(19(25)26)8-15(18(16)21-11(3)24)22-17-7-6-13(10-20-17)23(27)28/h6-7,9-10,14-16,18H,4-5,8H2,1-3H3,(H,20,22)(H,21,24)(H,25,26)/t15-,16+,18+/m0/s1. The molecule has 0 saturated carbocycles. The Morgan fingerprint density at radius 3 is 2.55 bits per heavy atom. The first-order valence-corrected chi connectivity index (χ1v) is 9.48. The topological polar surface area (TPSA) is 144 Å². The lowest BCUT2D eigenvalue weighted by molar-refractivity contribution is -0.385. The van der Waals surface area contributed by atoms with E-state index in [1.165, 1.54) is 19.1 Å². The van der Waals surface area contributed by atoms with Crippen molar-refractivity contribution in [3.05, 3.63) is 40.1 Å². The molecule has 29 heavy (non-hydrogen) atoms. The van der Waals surface area contributed by atoms with Gasteiger partial charge in [-0.25, -0.2) is 9.78 Å². The molecule has 158 valence electrons. The minimum Gasteiger partial charge on any atom is -0.478 e. The van der Waals surface area contributed by atoms with Crippen LogP contribution >= 0.6 is 0 Å². The molecule has 0 unspecified atom stereocenters. The third-order valence-corrected chi connectivity index (χ3v) is 4.79. The highest BCUT2D eigenvalue weighted by atomic mass is 16.6. The van der Waals surface area contributed by atoms with E-state index in [9.17, 15) is 24.8 Å². The van der Waals surface area contributed by atoms with Gasteiger partial charge >= 0.3 is 5.97 Å². The summed E-state index contributed by atoms with van der Waals surface area (Å²) in [6.45, 7) is 5.33. The predicted molar refractivity (Wildman–Crippen MR) is 105 cm³/mol. The molecule has 1 aliphatic carbocycles. The summed E-state index contributed by atoms with van der Waals surface area (Å²) < 4.78 is 6.10. The number of carbonyl (C=O) groups excluding carboxylic acids is 1. The van der Waals surface area contributed by atoms with Crippen molar-refractivity contribution >= 4 is 23.4 Å². The number of anilines is 1. The monoisotopic (exact) mass is 406 g/mol. The Kier molecular flexibility index (Phi) is 7.66. The zero-order valence-electron chi connectivity index (χ0n) is 16.6. The van der Waals surface area contributed by atoms with Gasteiger partial charge in [-0.3, -0.25) is 14.9 Å². The Morgan fingerprint density at radius 2 is 2.07 bits per heavy atom. The fraction of sp³-hybridized carbons (Fsp3) is 0.526. The van der Waals surface area contributed by atoms with E-state index in [2.05, 4.69) is 15.6 Å². The van der Waals surface area contributed by atoms with Gasteiger partial charge < -0.3 is 20.5 Å². The molecule has 1 aromatic heterocycles. The highest BCUT2D eigenvalue weighted by Gasteiger charge is 2.37. The molecule has 0 aliphatic heterocycles. The van der Waals surface area contributed by atoms with Gasteiger partial charge in [0.1, 0.15) is 12.0 Å². The normalized spacial score (nSPS) is 21.4. The van der Waals surface area contributed by atoms with E-state index in [1.54, 1.807) is 6.08 Å². The van der Waals surface area contributed by atoms with Crippen molar-refractivity contribution in [2.75, 3.05) is 5.32 Å². The molecule has 1 amide bonds. The summed E-state index contributed by atoms with van der Waals surface area (Å²) in [6.07, 6.45) is 3.56. The van der Waals surface area contributed by atoms with Gasteiger partial charge in [-0.15, -0.1) is 0 Å². The molecular formula is C19H26N4O6. The maximum Gasteiger partial charge on any atom is 0.331 e. The lowest BCUT2D eigenvalue weighted by Crippen LogP contribution is -2.56.